The van der Waals surface area contributed by atoms with E-state index in [0.29, 0.717) is 42.4 Å². The normalized spacial score (nSPS) is 14.2. The van der Waals surface area contributed by atoms with E-state index in [2.05, 4.69) is 9.88 Å². The van der Waals surface area contributed by atoms with Gasteiger partial charge in [0, 0.05) is 43.4 Å². The van der Waals surface area contributed by atoms with Crippen LogP contribution in [0.5, 0.6) is 0 Å². The van der Waals surface area contributed by atoms with Gasteiger partial charge in [0.1, 0.15) is 17.2 Å². The minimum atomic E-state index is -0.443. The summed E-state index contributed by atoms with van der Waals surface area (Å²) >= 11 is 1.28. The van der Waals surface area contributed by atoms with E-state index in [9.17, 15) is 18.4 Å². The molecule has 0 aliphatic carbocycles. The van der Waals surface area contributed by atoms with Crippen molar-refractivity contribution >= 4 is 27.9 Å². The van der Waals surface area contributed by atoms with E-state index in [-0.39, 0.29) is 23.1 Å². The quantitative estimate of drug-likeness (QED) is 0.476. The molecule has 2 aromatic carbocycles. The maximum Gasteiger partial charge on any atom is 0.271 e. The van der Waals surface area contributed by atoms with E-state index in [1.54, 1.807) is 34.5 Å². The summed E-state index contributed by atoms with van der Waals surface area (Å²) < 4.78 is 27.9. The minimum Gasteiger partial charge on any atom is -0.368 e. The van der Waals surface area contributed by atoms with Gasteiger partial charge in [0.2, 0.25) is 0 Å². The zero-order valence-corrected chi connectivity index (χ0v) is 17.7. The molecular weight excluding hydrogens is 434 g/mol. The standard InChI is InChI=1S/C23H18F2N4O2S/c24-16-3-1-15(2-4-16)20-14-32-23-26-13-19(22(31)29(20)23)21(30)28-11-9-27(10-12-28)18-7-5-17(25)6-8-18/h1-8,13-14H,9-12H2. The highest BCUT2D eigenvalue weighted by atomic mass is 32.1. The van der Waals surface area contributed by atoms with E-state index in [4.69, 9.17) is 0 Å². The van der Waals surface area contributed by atoms with Crippen molar-refractivity contribution in [3.05, 3.63) is 87.7 Å². The van der Waals surface area contributed by atoms with Gasteiger partial charge in [0.15, 0.2) is 4.96 Å². The first-order chi connectivity index (χ1) is 15.5. The summed E-state index contributed by atoms with van der Waals surface area (Å²) in [6, 6.07) is 12.1. The molecule has 162 valence electrons. The van der Waals surface area contributed by atoms with Crippen LogP contribution >= 0.6 is 11.3 Å². The van der Waals surface area contributed by atoms with Crippen LogP contribution in [-0.4, -0.2) is 46.4 Å². The van der Waals surface area contributed by atoms with Crippen LogP contribution in [0.15, 0.2) is 64.9 Å². The van der Waals surface area contributed by atoms with Crippen LogP contribution in [-0.2, 0) is 0 Å². The van der Waals surface area contributed by atoms with Crippen molar-refractivity contribution in [3.8, 4) is 11.3 Å². The second kappa shape index (κ2) is 8.16. The maximum absolute atomic E-state index is 13.3. The number of halogens is 2. The largest absolute Gasteiger partial charge is 0.368 e. The number of aromatic nitrogens is 2. The Balaban J connectivity index is 1.40. The highest BCUT2D eigenvalue weighted by molar-refractivity contribution is 7.15. The topological polar surface area (TPSA) is 57.9 Å². The van der Waals surface area contributed by atoms with E-state index in [1.807, 2.05) is 0 Å². The summed E-state index contributed by atoms with van der Waals surface area (Å²) in [6.07, 6.45) is 1.33. The molecule has 1 saturated heterocycles. The summed E-state index contributed by atoms with van der Waals surface area (Å²) in [5, 5.41) is 1.77. The monoisotopic (exact) mass is 452 g/mol. The van der Waals surface area contributed by atoms with Gasteiger partial charge >= 0.3 is 0 Å². The molecule has 1 amide bonds. The second-order valence-corrected chi connectivity index (χ2v) is 8.32. The molecule has 0 N–H and O–H groups in total. The first kappa shape index (κ1) is 20.3. The first-order valence-corrected chi connectivity index (χ1v) is 10.9. The third-order valence-corrected chi connectivity index (χ3v) is 6.41. The average Bonchev–Trinajstić information content (AvgIpc) is 3.25. The van der Waals surface area contributed by atoms with Crippen molar-refractivity contribution in [2.24, 2.45) is 0 Å². The molecule has 0 bridgehead atoms. The van der Waals surface area contributed by atoms with Gasteiger partial charge in [-0.2, -0.15) is 0 Å². The summed E-state index contributed by atoms with van der Waals surface area (Å²) in [6.45, 7) is 2.03. The van der Waals surface area contributed by atoms with Gasteiger partial charge in [0.25, 0.3) is 11.5 Å². The average molecular weight is 452 g/mol. The van der Waals surface area contributed by atoms with Crippen molar-refractivity contribution in [2.75, 3.05) is 31.1 Å². The number of amides is 1. The number of rotatable bonds is 3. The molecule has 4 aromatic rings. The third kappa shape index (κ3) is 3.64. The lowest BCUT2D eigenvalue weighted by Gasteiger charge is -2.36. The Labute approximate surface area is 186 Å². The Kier molecular flexibility index (Phi) is 5.18. The Bertz CT molecular complexity index is 1340. The van der Waals surface area contributed by atoms with Crippen molar-refractivity contribution < 1.29 is 13.6 Å². The highest BCUT2D eigenvalue weighted by Crippen LogP contribution is 2.24. The summed E-state index contributed by atoms with van der Waals surface area (Å²) in [5.41, 5.74) is 1.68. The second-order valence-electron chi connectivity index (χ2n) is 7.48. The molecule has 32 heavy (non-hydrogen) atoms. The Hall–Kier alpha value is -3.59. The van der Waals surface area contributed by atoms with Gasteiger partial charge in [-0.15, -0.1) is 11.3 Å². The molecule has 0 radical (unpaired) electrons. The molecule has 9 heteroatoms. The van der Waals surface area contributed by atoms with E-state index < -0.39 is 5.56 Å². The Morgan fingerprint density at radius 1 is 0.906 bits per heavy atom. The SMILES string of the molecule is O=C(c1cnc2scc(-c3ccc(F)cc3)n2c1=O)N1CCN(c2ccc(F)cc2)CC1. The van der Waals surface area contributed by atoms with Crippen LogP contribution in [0, 0.1) is 11.6 Å². The molecule has 0 spiro atoms. The van der Waals surface area contributed by atoms with Crippen molar-refractivity contribution in [1.29, 1.82) is 0 Å². The smallest absolute Gasteiger partial charge is 0.271 e. The van der Waals surface area contributed by atoms with Gasteiger partial charge in [-0.1, -0.05) is 0 Å². The van der Waals surface area contributed by atoms with E-state index in [1.165, 1.54) is 46.2 Å². The lowest BCUT2D eigenvalue weighted by molar-refractivity contribution is 0.0744. The van der Waals surface area contributed by atoms with Crippen LogP contribution in [0.2, 0.25) is 0 Å². The van der Waals surface area contributed by atoms with Gasteiger partial charge in [0.05, 0.1) is 5.69 Å². The third-order valence-electron chi connectivity index (χ3n) is 5.57. The Morgan fingerprint density at radius 3 is 2.19 bits per heavy atom. The lowest BCUT2D eigenvalue weighted by atomic mass is 10.1. The molecule has 1 aliphatic rings. The predicted octanol–water partition coefficient (Wildman–Crippen LogP) is 3.66. The molecule has 3 heterocycles. The van der Waals surface area contributed by atoms with Gasteiger partial charge in [-0.05, 0) is 54.1 Å². The molecule has 2 aromatic heterocycles. The van der Waals surface area contributed by atoms with Gasteiger partial charge < -0.3 is 9.80 Å². The number of anilines is 1. The number of nitrogens with zero attached hydrogens (tertiary/aromatic N) is 4. The van der Waals surface area contributed by atoms with Crippen molar-refractivity contribution in [2.45, 2.75) is 0 Å². The number of carbonyl (C=O) groups excluding carboxylic acids is 1. The zero-order chi connectivity index (χ0) is 22.2. The summed E-state index contributed by atoms with van der Waals surface area (Å²) in [5.74, 6) is -1.03. The lowest BCUT2D eigenvalue weighted by Crippen LogP contribution is -2.49. The van der Waals surface area contributed by atoms with Gasteiger partial charge in [-0.3, -0.25) is 14.0 Å². The van der Waals surface area contributed by atoms with Gasteiger partial charge in [-0.25, -0.2) is 13.8 Å². The Morgan fingerprint density at radius 2 is 1.53 bits per heavy atom. The number of thiazole rings is 1. The maximum atomic E-state index is 13.3. The molecular formula is C23H18F2N4O2S. The van der Waals surface area contributed by atoms with Crippen LogP contribution in [0.3, 0.4) is 0 Å². The van der Waals surface area contributed by atoms with Crippen molar-refractivity contribution in [3.63, 3.8) is 0 Å². The van der Waals surface area contributed by atoms with Crippen molar-refractivity contribution in [1.82, 2.24) is 14.3 Å². The molecule has 1 fully saturated rings. The number of carbonyl (C=O) groups is 1. The number of piperazine rings is 1. The van der Waals surface area contributed by atoms with Crippen LogP contribution in [0.4, 0.5) is 14.5 Å². The number of hydrogen-bond donors (Lipinski definition) is 0. The summed E-state index contributed by atoms with van der Waals surface area (Å²) in [4.78, 5) is 34.8. The van der Waals surface area contributed by atoms with E-state index in [0.717, 1.165) is 5.69 Å². The predicted molar refractivity (Wildman–Crippen MR) is 119 cm³/mol. The fourth-order valence-corrected chi connectivity index (χ4v) is 4.71. The molecule has 1 aliphatic heterocycles. The summed E-state index contributed by atoms with van der Waals surface area (Å²) in [7, 11) is 0. The van der Waals surface area contributed by atoms with Crippen LogP contribution < -0.4 is 10.5 Å². The van der Waals surface area contributed by atoms with Crippen LogP contribution in [0.25, 0.3) is 16.2 Å². The number of fused-ring (bicyclic) bond motifs is 1. The fourth-order valence-electron chi connectivity index (χ4n) is 3.85. The zero-order valence-electron chi connectivity index (χ0n) is 16.9. The molecule has 0 unspecified atom stereocenters. The minimum absolute atomic E-state index is 0.000469. The van der Waals surface area contributed by atoms with E-state index >= 15 is 0 Å². The number of benzene rings is 2. The molecule has 0 atom stereocenters. The number of hydrogen-bond acceptors (Lipinski definition) is 5. The fraction of sp³-hybridized carbons (Fsp3) is 0.174. The highest BCUT2D eigenvalue weighted by Gasteiger charge is 2.26. The molecule has 0 saturated carbocycles. The molecule has 5 rings (SSSR count). The first-order valence-electron chi connectivity index (χ1n) is 10.1. The van der Waals surface area contributed by atoms with Crippen LogP contribution in [0.1, 0.15) is 10.4 Å². The molecule has 6 nitrogen and oxygen atoms in total.